The van der Waals surface area contributed by atoms with Crippen LogP contribution in [0.2, 0.25) is 5.02 Å². The van der Waals surface area contributed by atoms with Crippen molar-refractivity contribution in [3.8, 4) is 6.07 Å². The van der Waals surface area contributed by atoms with Gasteiger partial charge in [-0.15, -0.1) is 0 Å². The molecule has 3 rings (SSSR count). The molecule has 1 aliphatic heterocycles. The number of nitrogens with zero attached hydrogens (tertiary/aromatic N) is 2. The molecule has 0 saturated carbocycles. The second-order valence-electron chi connectivity index (χ2n) is 10.3. The highest BCUT2D eigenvalue weighted by atomic mass is 35.5. The van der Waals surface area contributed by atoms with Crippen LogP contribution in [0.4, 0.5) is 26.3 Å². The molecule has 1 aliphatic rings. The molecule has 1 unspecified atom stereocenters. The lowest BCUT2D eigenvalue weighted by atomic mass is 9.69. The summed E-state index contributed by atoms with van der Waals surface area (Å²) in [6.45, 7) is 1.96. The van der Waals surface area contributed by atoms with Crippen molar-refractivity contribution in [2.75, 3.05) is 18.8 Å². The number of hydrogen-bond donors (Lipinski definition) is 0. The van der Waals surface area contributed by atoms with Gasteiger partial charge in [0.2, 0.25) is 10.0 Å². The van der Waals surface area contributed by atoms with E-state index in [0.717, 1.165) is 15.9 Å². The van der Waals surface area contributed by atoms with Crippen molar-refractivity contribution in [3.05, 3.63) is 69.7 Å². The zero-order valence-electron chi connectivity index (χ0n) is 21.2. The van der Waals surface area contributed by atoms with Crippen LogP contribution in [-0.2, 0) is 29.0 Å². The fourth-order valence-electron chi connectivity index (χ4n) is 5.13. The topological polar surface area (TPSA) is 61.2 Å². The summed E-state index contributed by atoms with van der Waals surface area (Å²) in [5, 5.41) is 9.39. The van der Waals surface area contributed by atoms with E-state index in [1.165, 1.54) is 18.2 Å². The maximum absolute atomic E-state index is 13.6. The predicted octanol–water partition coefficient (Wildman–Crippen LogP) is 7.41. The fourth-order valence-corrected chi connectivity index (χ4v) is 6.91. The number of rotatable bonds is 10. The smallest absolute Gasteiger partial charge is 0.212 e. The molecular formula is C27H29ClF6N2O2S. The van der Waals surface area contributed by atoms with Gasteiger partial charge in [-0.2, -0.15) is 31.6 Å². The number of aryl methyl sites for hydroxylation is 2. The first-order valence-electron chi connectivity index (χ1n) is 12.4. The maximum Gasteiger partial charge on any atom is 0.416 e. The molecule has 0 radical (unpaired) electrons. The van der Waals surface area contributed by atoms with Crippen LogP contribution in [-0.4, -0.2) is 37.7 Å². The number of hydrogen-bond acceptors (Lipinski definition) is 3. The number of nitriles is 1. The molecule has 0 amide bonds. The number of sulfonamides is 1. The Hall–Kier alpha value is -2.29. The summed E-state index contributed by atoms with van der Waals surface area (Å²) < 4.78 is 105. The van der Waals surface area contributed by atoms with Gasteiger partial charge in [0.15, 0.2) is 0 Å². The summed E-state index contributed by atoms with van der Waals surface area (Å²) in [6, 6.07) is 12.3. The minimum atomic E-state index is -4.60. The standard InChI is InChI=1S/C27H29ClF6N2O2S/c1-25(11-8-19-6-7-21(17-35)24(28)16-19,12-9-20-4-2-3-5-23(20)27(32,33)34)22-10-14-36(18-22)39(37,38)15-13-26(29,30)31/h2-7,16,22H,8-15,18H2,1H3/t22?,25-/m1/s1. The van der Waals surface area contributed by atoms with Gasteiger partial charge in [-0.1, -0.05) is 42.8 Å². The molecule has 0 aliphatic carbocycles. The number of alkyl halides is 6. The van der Waals surface area contributed by atoms with Gasteiger partial charge in [0.1, 0.15) is 6.07 Å². The van der Waals surface area contributed by atoms with Crippen LogP contribution >= 0.6 is 11.6 Å². The van der Waals surface area contributed by atoms with Gasteiger partial charge >= 0.3 is 12.4 Å². The van der Waals surface area contributed by atoms with Crippen molar-refractivity contribution < 1.29 is 34.8 Å². The average molecular weight is 595 g/mol. The zero-order valence-corrected chi connectivity index (χ0v) is 22.8. The van der Waals surface area contributed by atoms with E-state index >= 15 is 0 Å². The minimum absolute atomic E-state index is 0.00569. The van der Waals surface area contributed by atoms with E-state index in [0.29, 0.717) is 31.2 Å². The van der Waals surface area contributed by atoms with Crippen LogP contribution in [0.15, 0.2) is 42.5 Å². The quantitative estimate of drug-likeness (QED) is 0.269. The molecular weight excluding hydrogens is 566 g/mol. The summed E-state index contributed by atoms with van der Waals surface area (Å²) >= 11 is 6.16. The largest absolute Gasteiger partial charge is 0.416 e. The molecule has 2 atom stereocenters. The molecule has 0 spiro atoms. The Morgan fingerprint density at radius 1 is 1.03 bits per heavy atom. The highest BCUT2D eigenvalue weighted by molar-refractivity contribution is 7.89. The normalized spacial score (nSPS) is 18.6. The van der Waals surface area contributed by atoms with Gasteiger partial charge in [-0.3, -0.25) is 0 Å². The molecule has 0 aromatic heterocycles. The van der Waals surface area contributed by atoms with Crippen molar-refractivity contribution in [2.24, 2.45) is 11.3 Å². The molecule has 39 heavy (non-hydrogen) atoms. The van der Waals surface area contributed by atoms with Crippen LogP contribution in [0.25, 0.3) is 0 Å². The van der Waals surface area contributed by atoms with E-state index in [1.54, 1.807) is 18.2 Å². The van der Waals surface area contributed by atoms with Crippen LogP contribution in [0.1, 0.15) is 54.9 Å². The molecule has 1 fully saturated rings. The molecule has 1 saturated heterocycles. The maximum atomic E-state index is 13.6. The molecule has 0 N–H and O–H groups in total. The Morgan fingerprint density at radius 3 is 2.31 bits per heavy atom. The Kier molecular flexibility index (Phi) is 9.67. The summed E-state index contributed by atoms with van der Waals surface area (Å²) in [4.78, 5) is 0. The van der Waals surface area contributed by atoms with Gasteiger partial charge in [-0.05, 0) is 72.8 Å². The van der Waals surface area contributed by atoms with E-state index < -0.39 is 45.5 Å². The van der Waals surface area contributed by atoms with Gasteiger partial charge in [0.25, 0.3) is 0 Å². The fraction of sp³-hybridized carbons (Fsp3) is 0.519. The summed E-state index contributed by atoms with van der Waals surface area (Å²) in [7, 11) is -4.14. The van der Waals surface area contributed by atoms with E-state index in [1.807, 2.05) is 13.0 Å². The van der Waals surface area contributed by atoms with Crippen molar-refractivity contribution in [3.63, 3.8) is 0 Å². The van der Waals surface area contributed by atoms with E-state index in [4.69, 9.17) is 16.9 Å². The Labute approximate surface area is 229 Å². The van der Waals surface area contributed by atoms with Crippen LogP contribution in [0.3, 0.4) is 0 Å². The number of benzene rings is 2. The van der Waals surface area contributed by atoms with E-state index in [-0.39, 0.29) is 36.0 Å². The van der Waals surface area contributed by atoms with Gasteiger partial charge in [0.05, 0.1) is 28.3 Å². The van der Waals surface area contributed by atoms with E-state index in [9.17, 15) is 34.8 Å². The summed E-state index contributed by atoms with van der Waals surface area (Å²) in [6.07, 6.45) is -8.83. The number of halogens is 7. The molecule has 12 heteroatoms. The highest BCUT2D eigenvalue weighted by Gasteiger charge is 2.43. The zero-order chi connectivity index (χ0) is 29.1. The predicted molar refractivity (Wildman–Crippen MR) is 136 cm³/mol. The lowest BCUT2D eigenvalue weighted by Crippen LogP contribution is -2.36. The molecule has 2 aromatic carbocycles. The van der Waals surface area contributed by atoms with Gasteiger partial charge in [0, 0.05) is 13.1 Å². The van der Waals surface area contributed by atoms with Crippen molar-refractivity contribution in [1.29, 1.82) is 5.26 Å². The van der Waals surface area contributed by atoms with E-state index in [2.05, 4.69) is 0 Å². The van der Waals surface area contributed by atoms with Crippen molar-refractivity contribution in [1.82, 2.24) is 4.31 Å². The summed E-state index contributed by atoms with van der Waals surface area (Å²) in [5.41, 5.74) is -0.108. The van der Waals surface area contributed by atoms with Crippen LogP contribution in [0, 0.1) is 22.7 Å². The third-order valence-corrected chi connectivity index (χ3v) is 9.75. The highest BCUT2D eigenvalue weighted by Crippen LogP contribution is 2.44. The third-order valence-electron chi connectivity index (χ3n) is 7.60. The van der Waals surface area contributed by atoms with Crippen LogP contribution < -0.4 is 0 Å². The van der Waals surface area contributed by atoms with Crippen molar-refractivity contribution in [2.45, 2.75) is 57.8 Å². The first kappa shape index (κ1) is 31.2. The Bertz CT molecular complexity index is 1310. The molecule has 4 nitrogen and oxygen atoms in total. The SMILES string of the molecule is C[C@@](CCc1ccc(C#N)c(Cl)c1)(CCc1ccccc1C(F)(F)F)C1CCN(S(=O)(=O)CCC(F)(F)F)C1. The van der Waals surface area contributed by atoms with Gasteiger partial charge < -0.3 is 0 Å². The monoisotopic (exact) mass is 594 g/mol. The molecule has 214 valence electrons. The molecule has 2 aromatic rings. The first-order valence-corrected chi connectivity index (χ1v) is 14.4. The second kappa shape index (κ2) is 12.1. The molecule has 0 bridgehead atoms. The lowest BCUT2D eigenvalue weighted by Gasteiger charge is -2.36. The van der Waals surface area contributed by atoms with Gasteiger partial charge in [-0.25, -0.2) is 12.7 Å². The Morgan fingerprint density at radius 2 is 1.69 bits per heavy atom. The average Bonchev–Trinajstić information content (AvgIpc) is 3.37. The van der Waals surface area contributed by atoms with Crippen LogP contribution in [0.5, 0.6) is 0 Å². The third kappa shape index (κ3) is 8.35. The first-order chi connectivity index (χ1) is 18.0. The van der Waals surface area contributed by atoms with Crippen molar-refractivity contribution >= 4 is 21.6 Å². The molecule has 1 heterocycles. The Balaban J connectivity index is 1.83. The lowest BCUT2D eigenvalue weighted by molar-refractivity contribution is -0.138. The summed E-state index contributed by atoms with van der Waals surface area (Å²) in [5.74, 6) is -1.31. The second-order valence-corrected chi connectivity index (χ2v) is 12.8. The minimum Gasteiger partial charge on any atom is -0.212 e.